The Morgan fingerprint density at radius 3 is 2.55 bits per heavy atom. The standard InChI is InChI=1S/C16H24ClN3O2/c1-11-9-14(15(22-4)10-13(11)17)18-16(21)12(2)20-7-5-19(3)6-8-20/h9-10,12H,5-8H2,1-4H3,(H,18,21)/p+2/t12-/m1/s1. The summed E-state index contributed by atoms with van der Waals surface area (Å²) < 4.78 is 5.31. The molecule has 22 heavy (non-hydrogen) atoms. The first-order valence-electron chi connectivity index (χ1n) is 7.73. The van der Waals surface area contributed by atoms with Crippen molar-refractivity contribution in [2.45, 2.75) is 19.9 Å². The van der Waals surface area contributed by atoms with Crippen LogP contribution in [0, 0.1) is 6.92 Å². The zero-order valence-corrected chi connectivity index (χ0v) is 14.5. The lowest BCUT2D eigenvalue weighted by Gasteiger charge is -2.31. The van der Waals surface area contributed by atoms with Gasteiger partial charge in [0, 0.05) is 11.1 Å². The van der Waals surface area contributed by atoms with E-state index in [2.05, 4.69) is 12.4 Å². The van der Waals surface area contributed by atoms with Crippen molar-refractivity contribution in [3.63, 3.8) is 0 Å². The highest BCUT2D eigenvalue weighted by atomic mass is 35.5. The Hall–Kier alpha value is -1.30. The Labute approximate surface area is 137 Å². The zero-order chi connectivity index (χ0) is 16.3. The SMILES string of the molecule is COc1cc(Cl)c(C)cc1NC(=O)[C@@H](C)[NH+]1CC[NH+](C)CC1. The Balaban J connectivity index is 2.06. The number of piperazine rings is 1. The second-order valence-corrected chi connectivity index (χ2v) is 6.54. The van der Waals surface area contributed by atoms with Crippen LogP contribution in [-0.2, 0) is 4.79 Å². The maximum atomic E-state index is 12.5. The molecule has 0 bridgehead atoms. The number of ether oxygens (including phenoxy) is 1. The first kappa shape index (κ1) is 17.1. The number of likely N-dealkylation sites (N-methyl/N-ethyl adjacent to an activating group) is 1. The summed E-state index contributed by atoms with van der Waals surface area (Å²) in [5.41, 5.74) is 1.60. The fourth-order valence-corrected chi connectivity index (χ4v) is 2.94. The number of anilines is 1. The third-order valence-electron chi connectivity index (χ3n) is 4.49. The van der Waals surface area contributed by atoms with E-state index in [4.69, 9.17) is 16.3 Å². The molecule has 1 aliphatic rings. The van der Waals surface area contributed by atoms with E-state index >= 15 is 0 Å². The molecular formula is C16H26ClN3O2+2. The van der Waals surface area contributed by atoms with Gasteiger partial charge in [-0.05, 0) is 25.5 Å². The number of benzene rings is 1. The maximum Gasteiger partial charge on any atom is 0.282 e. The highest BCUT2D eigenvalue weighted by molar-refractivity contribution is 6.31. The lowest BCUT2D eigenvalue weighted by Crippen LogP contribution is -3.29. The third-order valence-corrected chi connectivity index (χ3v) is 4.90. The topological polar surface area (TPSA) is 47.2 Å². The van der Waals surface area contributed by atoms with Crippen LogP contribution in [0.4, 0.5) is 5.69 Å². The highest BCUT2D eigenvalue weighted by Crippen LogP contribution is 2.30. The van der Waals surface area contributed by atoms with E-state index in [9.17, 15) is 4.79 Å². The fourth-order valence-electron chi connectivity index (χ4n) is 2.79. The first-order chi connectivity index (χ1) is 10.4. The third kappa shape index (κ3) is 3.91. The lowest BCUT2D eigenvalue weighted by molar-refractivity contribution is -1.01. The van der Waals surface area contributed by atoms with Gasteiger partial charge in [0.15, 0.2) is 6.04 Å². The quantitative estimate of drug-likeness (QED) is 0.691. The Morgan fingerprint density at radius 1 is 1.32 bits per heavy atom. The molecule has 1 atom stereocenters. The van der Waals surface area contributed by atoms with Crippen LogP contribution >= 0.6 is 11.6 Å². The molecule has 1 heterocycles. The molecule has 0 radical (unpaired) electrons. The van der Waals surface area contributed by atoms with E-state index < -0.39 is 0 Å². The molecule has 0 saturated carbocycles. The molecule has 1 aliphatic heterocycles. The molecule has 0 aliphatic carbocycles. The van der Waals surface area contributed by atoms with Gasteiger partial charge in [-0.3, -0.25) is 4.79 Å². The minimum Gasteiger partial charge on any atom is -0.495 e. The number of carbonyl (C=O) groups excluding carboxylic acids is 1. The summed E-state index contributed by atoms with van der Waals surface area (Å²) in [5.74, 6) is 0.614. The van der Waals surface area contributed by atoms with Gasteiger partial charge in [0.05, 0.1) is 19.8 Å². The van der Waals surface area contributed by atoms with E-state index in [0.717, 1.165) is 31.7 Å². The molecule has 6 heteroatoms. The maximum absolute atomic E-state index is 12.5. The molecular weight excluding hydrogens is 302 g/mol. The van der Waals surface area contributed by atoms with Gasteiger partial charge in [-0.2, -0.15) is 0 Å². The molecule has 2 rings (SSSR count). The van der Waals surface area contributed by atoms with Crippen molar-refractivity contribution in [3.8, 4) is 5.75 Å². The average Bonchev–Trinajstić information content (AvgIpc) is 2.50. The summed E-state index contributed by atoms with van der Waals surface area (Å²) in [6, 6.07) is 3.52. The van der Waals surface area contributed by atoms with Crippen LogP contribution in [-0.4, -0.2) is 52.3 Å². The number of hydrogen-bond acceptors (Lipinski definition) is 2. The number of aryl methyl sites for hydroxylation is 1. The van der Waals surface area contributed by atoms with E-state index in [1.807, 2.05) is 19.9 Å². The summed E-state index contributed by atoms with van der Waals surface area (Å²) in [7, 11) is 3.78. The second-order valence-electron chi connectivity index (χ2n) is 6.13. The molecule has 3 N–H and O–H groups in total. The number of amides is 1. The molecule has 1 saturated heterocycles. The number of carbonyl (C=O) groups is 1. The van der Waals surface area contributed by atoms with Crippen molar-refractivity contribution in [2.75, 3.05) is 45.7 Å². The van der Waals surface area contributed by atoms with Crippen LogP contribution in [0.15, 0.2) is 12.1 Å². The zero-order valence-electron chi connectivity index (χ0n) is 13.8. The summed E-state index contributed by atoms with van der Waals surface area (Å²) in [4.78, 5) is 15.4. The molecule has 0 unspecified atom stereocenters. The van der Waals surface area contributed by atoms with Crippen LogP contribution in [0.2, 0.25) is 5.02 Å². The van der Waals surface area contributed by atoms with Crippen molar-refractivity contribution < 1.29 is 19.3 Å². The summed E-state index contributed by atoms with van der Waals surface area (Å²) in [5, 5.41) is 3.62. The molecule has 1 aromatic carbocycles. The lowest BCUT2D eigenvalue weighted by atomic mass is 10.1. The number of methoxy groups -OCH3 is 1. The molecule has 122 valence electrons. The van der Waals surface area contributed by atoms with Crippen molar-refractivity contribution in [2.24, 2.45) is 0 Å². The first-order valence-corrected chi connectivity index (χ1v) is 8.11. The van der Waals surface area contributed by atoms with Crippen LogP contribution < -0.4 is 19.9 Å². The second kappa shape index (κ2) is 7.31. The van der Waals surface area contributed by atoms with Gasteiger partial charge in [-0.25, -0.2) is 0 Å². The minimum atomic E-state index is -0.0752. The molecule has 5 nitrogen and oxygen atoms in total. The summed E-state index contributed by atoms with van der Waals surface area (Å²) >= 11 is 6.10. The monoisotopic (exact) mass is 327 g/mol. The normalized spacial score (nSPS) is 23.0. The molecule has 1 amide bonds. The van der Waals surface area contributed by atoms with Crippen molar-refractivity contribution in [1.82, 2.24) is 0 Å². The number of quaternary nitrogens is 2. The van der Waals surface area contributed by atoms with Crippen molar-refractivity contribution in [3.05, 3.63) is 22.7 Å². The number of hydrogen-bond donors (Lipinski definition) is 3. The molecule has 0 spiro atoms. The van der Waals surface area contributed by atoms with Crippen LogP contribution in [0.5, 0.6) is 5.75 Å². The van der Waals surface area contributed by atoms with Crippen molar-refractivity contribution >= 4 is 23.2 Å². The Bertz CT molecular complexity index is 542. The smallest absolute Gasteiger partial charge is 0.282 e. The summed E-state index contributed by atoms with van der Waals surface area (Å²) in [6.45, 7) is 8.16. The Kier molecular flexibility index (Phi) is 5.67. The van der Waals surface area contributed by atoms with Gasteiger partial charge in [-0.15, -0.1) is 0 Å². The van der Waals surface area contributed by atoms with Gasteiger partial charge in [0.1, 0.15) is 31.9 Å². The predicted molar refractivity (Wildman–Crippen MR) is 88.2 cm³/mol. The van der Waals surface area contributed by atoms with E-state index in [0.29, 0.717) is 16.5 Å². The fraction of sp³-hybridized carbons (Fsp3) is 0.562. The number of halogens is 1. The van der Waals surface area contributed by atoms with E-state index in [-0.39, 0.29) is 11.9 Å². The van der Waals surface area contributed by atoms with E-state index in [1.54, 1.807) is 13.2 Å². The van der Waals surface area contributed by atoms with Crippen molar-refractivity contribution in [1.29, 1.82) is 0 Å². The van der Waals surface area contributed by atoms with Crippen LogP contribution in [0.3, 0.4) is 0 Å². The summed E-state index contributed by atoms with van der Waals surface area (Å²) in [6.07, 6.45) is 0. The predicted octanol–water partition coefficient (Wildman–Crippen LogP) is -0.603. The minimum absolute atomic E-state index is 0.0228. The van der Waals surface area contributed by atoms with Gasteiger partial charge in [-0.1, -0.05) is 11.6 Å². The van der Waals surface area contributed by atoms with Gasteiger partial charge >= 0.3 is 0 Å². The van der Waals surface area contributed by atoms with Gasteiger partial charge < -0.3 is 19.9 Å². The van der Waals surface area contributed by atoms with Gasteiger partial charge in [0.25, 0.3) is 5.91 Å². The largest absolute Gasteiger partial charge is 0.495 e. The van der Waals surface area contributed by atoms with E-state index in [1.165, 1.54) is 9.80 Å². The van der Waals surface area contributed by atoms with Crippen LogP contribution in [0.1, 0.15) is 12.5 Å². The average molecular weight is 328 g/mol. The van der Waals surface area contributed by atoms with Crippen LogP contribution in [0.25, 0.3) is 0 Å². The molecule has 0 aromatic heterocycles. The highest BCUT2D eigenvalue weighted by Gasteiger charge is 2.30. The molecule has 1 aromatic rings. The number of nitrogens with one attached hydrogen (secondary N) is 3. The molecule has 1 fully saturated rings. The van der Waals surface area contributed by atoms with Gasteiger partial charge in [0.2, 0.25) is 0 Å². The Morgan fingerprint density at radius 2 is 1.95 bits per heavy atom. The number of rotatable bonds is 4.